The molecule has 4 rings (SSSR count). The van der Waals surface area contributed by atoms with Gasteiger partial charge in [0.2, 0.25) is 0 Å². The van der Waals surface area contributed by atoms with Crippen molar-refractivity contribution in [2.75, 3.05) is 6.54 Å². The Morgan fingerprint density at radius 2 is 2.13 bits per heavy atom. The Morgan fingerprint density at radius 1 is 1.17 bits per heavy atom. The minimum absolute atomic E-state index is 0.0783. The van der Waals surface area contributed by atoms with Gasteiger partial charge in [0.15, 0.2) is 0 Å². The number of thiazole rings is 1. The van der Waals surface area contributed by atoms with Crippen LogP contribution in [0.1, 0.15) is 41.4 Å². The molecule has 0 saturated carbocycles. The topological polar surface area (TPSA) is 46.1 Å². The third-order valence-corrected chi connectivity index (χ3v) is 5.16. The highest BCUT2D eigenvalue weighted by Crippen LogP contribution is 2.31. The fourth-order valence-electron chi connectivity index (χ4n) is 3.21. The zero-order chi connectivity index (χ0) is 15.6. The fraction of sp³-hybridized carbons (Fsp3) is 0.278. The van der Waals surface area contributed by atoms with E-state index in [1.165, 1.54) is 0 Å². The third-order valence-electron chi connectivity index (χ3n) is 4.37. The molecule has 1 aromatic carbocycles. The number of hydrogen-bond acceptors (Lipinski definition) is 4. The predicted molar refractivity (Wildman–Crippen MR) is 91.5 cm³/mol. The van der Waals surface area contributed by atoms with Crippen molar-refractivity contribution in [1.82, 2.24) is 14.9 Å². The van der Waals surface area contributed by atoms with E-state index in [1.807, 2.05) is 46.8 Å². The number of likely N-dealkylation sites (tertiary alicyclic amines) is 1. The van der Waals surface area contributed by atoms with Crippen LogP contribution in [-0.4, -0.2) is 27.3 Å². The SMILES string of the molecule is O=C(c1ccc2ncsc2c1)N1CCCCC1c1ccccn1. The first kappa shape index (κ1) is 14.3. The number of rotatable bonds is 2. The third kappa shape index (κ3) is 2.72. The summed E-state index contributed by atoms with van der Waals surface area (Å²) in [5.74, 6) is 0.0932. The molecule has 1 unspecified atom stereocenters. The van der Waals surface area contributed by atoms with Crippen molar-refractivity contribution >= 4 is 27.5 Å². The predicted octanol–water partition coefficient (Wildman–Crippen LogP) is 4.06. The number of amides is 1. The van der Waals surface area contributed by atoms with E-state index in [1.54, 1.807) is 17.5 Å². The van der Waals surface area contributed by atoms with E-state index in [-0.39, 0.29) is 11.9 Å². The van der Waals surface area contributed by atoms with Gasteiger partial charge in [0.1, 0.15) is 0 Å². The minimum atomic E-state index is 0.0783. The molecule has 116 valence electrons. The first-order valence-corrected chi connectivity index (χ1v) is 8.76. The van der Waals surface area contributed by atoms with Crippen molar-refractivity contribution in [2.24, 2.45) is 0 Å². The molecule has 0 N–H and O–H groups in total. The number of carbonyl (C=O) groups is 1. The van der Waals surface area contributed by atoms with Crippen molar-refractivity contribution < 1.29 is 4.79 Å². The Labute approximate surface area is 138 Å². The molecule has 1 saturated heterocycles. The number of aromatic nitrogens is 2. The van der Waals surface area contributed by atoms with Crippen molar-refractivity contribution in [3.63, 3.8) is 0 Å². The van der Waals surface area contributed by atoms with Crippen LogP contribution in [0.3, 0.4) is 0 Å². The number of hydrogen-bond donors (Lipinski definition) is 0. The van der Waals surface area contributed by atoms with Gasteiger partial charge in [-0.1, -0.05) is 6.07 Å². The van der Waals surface area contributed by atoms with Crippen molar-refractivity contribution in [1.29, 1.82) is 0 Å². The summed E-state index contributed by atoms with van der Waals surface area (Å²) in [4.78, 5) is 23.8. The fourth-order valence-corrected chi connectivity index (χ4v) is 3.93. The van der Waals surface area contributed by atoms with E-state index in [2.05, 4.69) is 9.97 Å². The van der Waals surface area contributed by atoms with Crippen molar-refractivity contribution in [2.45, 2.75) is 25.3 Å². The second-order valence-electron chi connectivity index (χ2n) is 5.80. The first-order chi connectivity index (χ1) is 11.3. The summed E-state index contributed by atoms with van der Waals surface area (Å²) >= 11 is 1.57. The van der Waals surface area contributed by atoms with Gasteiger partial charge in [-0.2, -0.15) is 0 Å². The van der Waals surface area contributed by atoms with Crippen molar-refractivity contribution in [3.05, 3.63) is 59.4 Å². The Balaban J connectivity index is 1.67. The second kappa shape index (κ2) is 6.08. The van der Waals surface area contributed by atoms with Crippen LogP contribution in [0.2, 0.25) is 0 Å². The van der Waals surface area contributed by atoms with Crippen LogP contribution in [0.4, 0.5) is 0 Å². The molecule has 1 amide bonds. The summed E-state index contributed by atoms with van der Waals surface area (Å²) in [5.41, 5.74) is 4.49. The molecule has 1 fully saturated rings. The molecule has 4 nitrogen and oxygen atoms in total. The zero-order valence-electron chi connectivity index (χ0n) is 12.7. The summed E-state index contributed by atoms with van der Waals surface area (Å²) in [6.07, 6.45) is 4.97. The zero-order valence-corrected chi connectivity index (χ0v) is 13.5. The molecule has 3 aromatic rings. The van der Waals surface area contributed by atoms with Crippen LogP contribution in [-0.2, 0) is 0 Å². The number of fused-ring (bicyclic) bond motifs is 1. The van der Waals surface area contributed by atoms with Gasteiger partial charge in [-0.05, 0) is 49.6 Å². The van der Waals surface area contributed by atoms with E-state index >= 15 is 0 Å². The first-order valence-electron chi connectivity index (χ1n) is 7.88. The van der Waals surface area contributed by atoms with Crippen molar-refractivity contribution in [3.8, 4) is 0 Å². The highest BCUT2D eigenvalue weighted by Gasteiger charge is 2.29. The Bertz CT molecular complexity index is 830. The number of nitrogens with zero attached hydrogens (tertiary/aromatic N) is 3. The van der Waals surface area contributed by atoms with Gasteiger partial charge in [0.05, 0.1) is 27.5 Å². The Morgan fingerprint density at radius 3 is 3.00 bits per heavy atom. The highest BCUT2D eigenvalue weighted by molar-refractivity contribution is 7.16. The monoisotopic (exact) mass is 323 g/mol. The van der Waals surface area contributed by atoms with Gasteiger partial charge in [0.25, 0.3) is 5.91 Å². The molecule has 0 bridgehead atoms. The quantitative estimate of drug-likeness (QED) is 0.714. The second-order valence-corrected chi connectivity index (χ2v) is 6.69. The van der Waals surface area contributed by atoms with Crippen LogP contribution in [0, 0.1) is 0 Å². The lowest BCUT2D eigenvalue weighted by atomic mass is 9.97. The number of benzene rings is 1. The molecule has 0 aliphatic carbocycles. The maximum atomic E-state index is 13.0. The van der Waals surface area contributed by atoms with E-state index in [4.69, 9.17) is 0 Å². The van der Waals surface area contributed by atoms with Crippen LogP contribution < -0.4 is 0 Å². The summed E-state index contributed by atoms with van der Waals surface area (Å²) in [7, 11) is 0. The van der Waals surface area contributed by atoms with Gasteiger partial charge >= 0.3 is 0 Å². The van der Waals surface area contributed by atoms with Gasteiger partial charge in [0, 0.05) is 18.3 Å². The smallest absolute Gasteiger partial charge is 0.254 e. The molecule has 1 aliphatic heterocycles. The summed E-state index contributed by atoms with van der Waals surface area (Å²) in [6, 6.07) is 11.8. The van der Waals surface area contributed by atoms with Crippen LogP contribution in [0.25, 0.3) is 10.2 Å². The number of piperidine rings is 1. The Kier molecular flexibility index (Phi) is 3.79. The van der Waals surface area contributed by atoms with Gasteiger partial charge in [-0.25, -0.2) is 4.98 Å². The summed E-state index contributed by atoms with van der Waals surface area (Å²) in [6.45, 7) is 0.792. The standard InChI is InChI=1S/C18H17N3OS/c22-18(13-7-8-15-17(11-13)23-12-20-15)21-10-4-2-6-16(21)14-5-1-3-9-19-14/h1,3,5,7-9,11-12,16H,2,4,6,10H2. The average Bonchev–Trinajstić information content (AvgIpc) is 3.09. The lowest BCUT2D eigenvalue weighted by Crippen LogP contribution is -2.38. The van der Waals surface area contributed by atoms with Crippen LogP contribution in [0.5, 0.6) is 0 Å². The van der Waals surface area contributed by atoms with Crippen LogP contribution in [0.15, 0.2) is 48.1 Å². The average molecular weight is 323 g/mol. The molecule has 23 heavy (non-hydrogen) atoms. The molecule has 1 atom stereocenters. The number of carbonyl (C=O) groups excluding carboxylic acids is 1. The molecule has 0 radical (unpaired) electrons. The molecule has 2 aromatic heterocycles. The van der Waals surface area contributed by atoms with E-state index in [0.717, 1.165) is 47.3 Å². The molecular weight excluding hydrogens is 306 g/mol. The molecular formula is C18H17N3OS. The van der Waals surface area contributed by atoms with E-state index < -0.39 is 0 Å². The van der Waals surface area contributed by atoms with Crippen LogP contribution >= 0.6 is 11.3 Å². The largest absolute Gasteiger partial charge is 0.330 e. The molecule has 5 heteroatoms. The highest BCUT2D eigenvalue weighted by atomic mass is 32.1. The molecule has 1 aliphatic rings. The Hall–Kier alpha value is -2.27. The normalized spacial score (nSPS) is 18.3. The lowest BCUT2D eigenvalue weighted by Gasteiger charge is -2.35. The molecule has 0 spiro atoms. The van der Waals surface area contributed by atoms with Gasteiger partial charge < -0.3 is 4.90 Å². The maximum absolute atomic E-state index is 13.0. The lowest BCUT2D eigenvalue weighted by molar-refractivity contribution is 0.0606. The van der Waals surface area contributed by atoms with E-state index in [9.17, 15) is 4.79 Å². The van der Waals surface area contributed by atoms with E-state index in [0.29, 0.717) is 0 Å². The minimum Gasteiger partial charge on any atom is -0.330 e. The maximum Gasteiger partial charge on any atom is 0.254 e. The van der Waals surface area contributed by atoms with Gasteiger partial charge in [-0.3, -0.25) is 9.78 Å². The summed E-state index contributed by atoms with van der Waals surface area (Å²) < 4.78 is 1.06. The van der Waals surface area contributed by atoms with Gasteiger partial charge in [-0.15, -0.1) is 11.3 Å². The molecule has 3 heterocycles. The number of pyridine rings is 1. The summed E-state index contributed by atoms with van der Waals surface area (Å²) in [5, 5.41) is 0.